The van der Waals surface area contributed by atoms with E-state index in [1.54, 1.807) is 17.0 Å². The van der Waals surface area contributed by atoms with E-state index in [0.717, 1.165) is 49.7 Å². The maximum absolute atomic E-state index is 12.9. The Balaban J connectivity index is 1.63. The van der Waals surface area contributed by atoms with Crippen LogP contribution in [0.3, 0.4) is 0 Å². The van der Waals surface area contributed by atoms with Gasteiger partial charge in [-0.05, 0) is 87.0 Å². The van der Waals surface area contributed by atoms with Gasteiger partial charge in [-0.2, -0.15) is 0 Å². The van der Waals surface area contributed by atoms with Gasteiger partial charge in [0.05, 0.1) is 6.26 Å². The molecule has 7 N–H and O–H groups in total. The van der Waals surface area contributed by atoms with E-state index in [9.17, 15) is 38.4 Å². The van der Waals surface area contributed by atoms with Gasteiger partial charge in [-0.25, -0.2) is 13.1 Å². The third-order valence-electron chi connectivity index (χ3n) is 6.55. The highest BCUT2D eigenvalue weighted by Gasteiger charge is 2.14. The highest BCUT2D eigenvalue weighted by molar-refractivity contribution is 7.88. The van der Waals surface area contributed by atoms with Gasteiger partial charge in [-0.3, -0.25) is 9.59 Å². The molecule has 2 amide bonds. The number of carbonyl (C=O) groups is 2. The van der Waals surface area contributed by atoms with E-state index in [0.29, 0.717) is 38.9 Å². The molecule has 0 aromatic heterocycles. The molecule has 12 nitrogen and oxygen atoms in total. The van der Waals surface area contributed by atoms with Crippen LogP contribution in [0.2, 0.25) is 0 Å². The first-order valence-electron chi connectivity index (χ1n) is 14.2. The van der Waals surface area contributed by atoms with Gasteiger partial charge in [-0.15, -0.1) is 0 Å². The first-order valence-corrected chi connectivity index (χ1v) is 16.1. The summed E-state index contributed by atoms with van der Waals surface area (Å²) in [6.07, 6.45) is 5.33. The molecule has 0 fully saturated rings. The van der Waals surface area contributed by atoms with Crippen LogP contribution in [-0.2, 0) is 32.5 Å². The summed E-state index contributed by atoms with van der Waals surface area (Å²) in [4.78, 5) is 26.7. The third kappa shape index (κ3) is 14.4. The van der Waals surface area contributed by atoms with E-state index in [1.165, 1.54) is 24.3 Å². The lowest BCUT2D eigenvalue weighted by atomic mass is 10.1. The summed E-state index contributed by atoms with van der Waals surface area (Å²) in [5.41, 5.74) is 1.50. The Bertz CT molecular complexity index is 1260. The van der Waals surface area contributed by atoms with Crippen molar-refractivity contribution in [2.24, 2.45) is 0 Å². The second kappa shape index (κ2) is 18.1. The fourth-order valence-corrected chi connectivity index (χ4v) is 4.73. The van der Waals surface area contributed by atoms with Crippen LogP contribution in [0.4, 0.5) is 0 Å². The molecule has 0 aliphatic heterocycles. The Kier molecular flexibility index (Phi) is 14.9. The molecule has 0 spiro atoms. The third-order valence-corrected chi connectivity index (χ3v) is 7.28. The number of nitrogens with zero attached hydrogens (tertiary/aromatic N) is 1. The normalized spacial score (nSPS) is 11.4. The predicted octanol–water partition coefficient (Wildman–Crippen LogP) is 1.72. The number of benzene rings is 2. The zero-order valence-electron chi connectivity index (χ0n) is 24.1. The lowest BCUT2D eigenvalue weighted by molar-refractivity contribution is -0.131. The second-order valence-corrected chi connectivity index (χ2v) is 12.0. The highest BCUT2D eigenvalue weighted by Crippen LogP contribution is 2.26. The largest absolute Gasteiger partial charge is 0.504 e. The molecule has 2 aromatic rings. The number of carbonyl (C=O) groups excluding carboxylic acids is 2. The summed E-state index contributed by atoms with van der Waals surface area (Å²) in [6, 6.07) is 8.99. The smallest absolute Gasteiger partial charge is 0.222 e. The summed E-state index contributed by atoms with van der Waals surface area (Å²) in [7, 11) is -3.30. The van der Waals surface area contributed by atoms with Crippen molar-refractivity contribution < 1.29 is 38.4 Å². The Morgan fingerprint density at radius 3 is 1.88 bits per heavy atom. The van der Waals surface area contributed by atoms with Crippen molar-refractivity contribution >= 4 is 21.8 Å². The molecule has 0 saturated heterocycles. The molecule has 0 saturated carbocycles. The molecule has 0 bridgehead atoms. The molecule has 0 aliphatic carbocycles. The van der Waals surface area contributed by atoms with Crippen LogP contribution in [0, 0.1) is 0 Å². The molecule has 0 atom stereocenters. The minimum absolute atomic E-state index is 0.0622. The van der Waals surface area contributed by atoms with Crippen LogP contribution in [-0.4, -0.2) is 91.1 Å². The minimum Gasteiger partial charge on any atom is -0.504 e. The number of phenolic OH excluding ortho intramolecular Hbond substituents is 4. The van der Waals surface area contributed by atoms with Gasteiger partial charge in [0.2, 0.25) is 21.8 Å². The number of aromatic hydroxyl groups is 4. The Hall–Kier alpha value is -3.55. The minimum atomic E-state index is -3.30. The van der Waals surface area contributed by atoms with Gasteiger partial charge in [0.25, 0.3) is 0 Å². The molecule has 42 heavy (non-hydrogen) atoms. The van der Waals surface area contributed by atoms with Crippen molar-refractivity contribution in [3.63, 3.8) is 0 Å². The van der Waals surface area contributed by atoms with E-state index >= 15 is 0 Å². The Labute approximate surface area is 247 Å². The molecule has 234 valence electrons. The molecule has 0 heterocycles. The van der Waals surface area contributed by atoms with Crippen molar-refractivity contribution in [3.05, 3.63) is 47.5 Å². The fraction of sp³-hybridized carbons (Fsp3) is 0.517. The van der Waals surface area contributed by atoms with Crippen molar-refractivity contribution in [2.45, 2.75) is 51.4 Å². The molecular weight excluding hydrogens is 564 g/mol. The lowest BCUT2D eigenvalue weighted by Crippen LogP contribution is -2.35. The second-order valence-electron chi connectivity index (χ2n) is 10.2. The van der Waals surface area contributed by atoms with Crippen LogP contribution >= 0.6 is 0 Å². The lowest BCUT2D eigenvalue weighted by Gasteiger charge is -2.23. The molecule has 0 aliphatic rings. The van der Waals surface area contributed by atoms with Crippen molar-refractivity contribution in [1.29, 1.82) is 0 Å². The fourth-order valence-electron chi connectivity index (χ4n) is 4.21. The molecule has 2 rings (SSSR count). The van der Waals surface area contributed by atoms with E-state index in [1.807, 2.05) is 0 Å². The van der Waals surface area contributed by atoms with Crippen LogP contribution in [0.1, 0.15) is 49.7 Å². The number of aryl methyl sites for hydroxylation is 2. The number of unbranched alkanes of at least 4 members (excludes halogenated alkanes) is 1. The van der Waals surface area contributed by atoms with Gasteiger partial charge in [0.15, 0.2) is 23.0 Å². The van der Waals surface area contributed by atoms with Crippen molar-refractivity contribution in [1.82, 2.24) is 20.3 Å². The topological polar surface area (TPSA) is 189 Å². The van der Waals surface area contributed by atoms with E-state index in [4.69, 9.17) is 0 Å². The first-order chi connectivity index (χ1) is 19.9. The molecule has 0 unspecified atom stereocenters. The van der Waals surface area contributed by atoms with Gasteiger partial charge in [-0.1, -0.05) is 12.1 Å². The number of hydrogen-bond acceptors (Lipinski definition) is 9. The number of sulfonamides is 1. The Morgan fingerprint density at radius 1 is 0.714 bits per heavy atom. The summed E-state index contributed by atoms with van der Waals surface area (Å²) in [6.45, 7) is 3.22. The van der Waals surface area contributed by atoms with Crippen LogP contribution < -0.4 is 15.4 Å². The highest BCUT2D eigenvalue weighted by atomic mass is 32.2. The maximum atomic E-state index is 12.9. The maximum Gasteiger partial charge on any atom is 0.222 e. The number of hydrogen-bond donors (Lipinski definition) is 7. The number of phenols is 4. The van der Waals surface area contributed by atoms with Crippen LogP contribution in [0.15, 0.2) is 36.4 Å². The van der Waals surface area contributed by atoms with Gasteiger partial charge >= 0.3 is 0 Å². The summed E-state index contributed by atoms with van der Waals surface area (Å²) in [5.74, 6) is -0.980. The summed E-state index contributed by atoms with van der Waals surface area (Å²) < 4.78 is 25.1. The van der Waals surface area contributed by atoms with E-state index < -0.39 is 10.0 Å². The SMILES string of the molecule is CS(=O)(=O)NCCCN(CCCCNCCCNC(=O)CCc1ccc(O)c(O)c1)C(=O)CCc1ccc(O)c(O)c1. The quantitative estimate of drug-likeness (QED) is 0.0867. The summed E-state index contributed by atoms with van der Waals surface area (Å²) in [5, 5.41) is 44.2. The van der Waals surface area contributed by atoms with Gasteiger partial charge in [0.1, 0.15) is 0 Å². The van der Waals surface area contributed by atoms with Crippen molar-refractivity contribution in [3.8, 4) is 23.0 Å². The molecule has 13 heteroatoms. The number of nitrogens with one attached hydrogen (secondary N) is 3. The molecule has 0 radical (unpaired) electrons. The van der Waals surface area contributed by atoms with Crippen LogP contribution in [0.25, 0.3) is 0 Å². The molecule has 2 aromatic carbocycles. The van der Waals surface area contributed by atoms with Gasteiger partial charge in [0, 0.05) is 39.0 Å². The Morgan fingerprint density at radius 2 is 1.29 bits per heavy atom. The average Bonchev–Trinajstić information content (AvgIpc) is 2.93. The molecular formula is C29H44N4O8S. The zero-order chi connectivity index (χ0) is 31.0. The number of rotatable bonds is 20. The average molecular weight is 609 g/mol. The number of amides is 2. The van der Waals surface area contributed by atoms with E-state index in [2.05, 4.69) is 15.4 Å². The van der Waals surface area contributed by atoms with E-state index in [-0.39, 0.29) is 54.2 Å². The van der Waals surface area contributed by atoms with Crippen LogP contribution in [0.5, 0.6) is 23.0 Å². The van der Waals surface area contributed by atoms with Gasteiger partial charge < -0.3 is 36.0 Å². The standard InChI is InChI=1S/C29H44N4O8S/c1-42(40,41)32-17-5-19-33(29(39)13-9-23-7-11-25(35)27(37)21-23)18-3-2-14-30-15-4-16-31-28(38)12-8-22-6-10-24(34)26(36)20-22/h6-7,10-11,20-21,30,32,34-37H,2-5,8-9,12-19H2,1H3,(H,31,38). The summed E-state index contributed by atoms with van der Waals surface area (Å²) >= 11 is 0. The van der Waals surface area contributed by atoms with Crippen molar-refractivity contribution in [2.75, 3.05) is 45.5 Å². The monoisotopic (exact) mass is 608 g/mol. The predicted molar refractivity (Wildman–Crippen MR) is 160 cm³/mol. The first kappa shape index (κ1) is 34.7. The zero-order valence-corrected chi connectivity index (χ0v) is 25.0.